The van der Waals surface area contributed by atoms with E-state index in [1.165, 1.54) is 10.8 Å². The van der Waals surface area contributed by atoms with Gasteiger partial charge in [-0.05, 0) is 13.3 Å². The number of nitrogens with one attached hydrogen (secondary N) is 1. The Morgan fingerprint density at radius 2 is 2.24 bits per heavy atom. The molecule has 10 nitrogen and oxygen atoms in total. The van der Waals surface area contributed by atoms with Crippen molar-refractivity contribution in [1.29, 1.82) is 0 Å². The maximum atomic E-state index is 12.0. The monoisotopic (exact) mass is 377 g/mol. The molecule has 1 aromatic heterocycles. The fraction of sp³-hybridized carbons (Fsp3) is 0.714. The Morgan fingerprint density at radius 3 is 2.84 bits per heavy atom. The van der Waals surface area contributed by atoms with Crippen molar-refractivity contribution in [2.45, 2.75) is 51.5 Å². The van der Waals surface area contributed by atoms with Crippen LogP contribution >= 0.6 is 8.18 Å². The van der Waals surface area contributed by atoms with E-state index in [4.69, 9.17) is 9.57 Å². The van der Waals surface area contributed by atoms with Crippen molar-refractivity contribution in [1.82, 2.24) is 14.4 Å². The van der Waals surface area contributed by atoms with E-state index in [0.717, 1.165) is 11.3 Å². The highest BCUT2D eigenvalue weighted by Gasteiger charge is 2.39. The van der Waals surface area contributed by atoms with Crippen LogP contribution in [-0.4, -0.2) is 49.7 Å². The first-order valence-corrected chi connectivity index (χ1v) is 9.43. The second kappa shape index (κ2) is 8.88. The van der Waals surface area contributed by atoms with Crippen LogP contribution in [0, 0.1) is 6.92 Å². The zero-order valence-electron chi connectivity index (χ0n) is 14.2. The van der Waals surface area contributed by atoms with Crippen LogP contribution in [0.4, 0.5) is 0 Å². The van der Waals surface area contributed by atoms with Gasteiger partial charge in [-0.15, -0.1) is 4.83 Å². The zero-order chi connectivity index (χ0) is 18.6. The number of aliphatic hydroxyl groups is 1. The second-order valence-corrected chi connectivity index (χ2v) is 6.97. The van der Waals surface area contributed by atoms with Crippen molar-refractivity contribution in [3.8, 4) is 0 Å². The van der Waals surface area contributed by atoms with Gasteiger partial charge in [-0.1, -0.05) is 13.3 Å². The van der Waals surface area contributed by atoms with Crippen LogP contribution in [0.25, 0.3) is 0 Å². The largest absolute Gasteiger partial charge is 0.394 e. The maximum Gasteiger partial charge on any atom is 0.330 e. The third-order valence-corrected chi connectivity index (χ3v) is 4.76. The lowest BCUT2D eigenvalue weighted by Gasteiger charge is -2.24. The predicted molar refractivity (Wildman–Crippen MR) is 89.4 cm³/mol. The lowest BCUT2D eigenvalue weighted by molar-refractivity contribution is -0.162. The van der Waals surface area contributed by atoms with Crippen molar-refractivity contribution >= 4 is 8.18 Å². The molecule has 2 heterocycles. The highest BCUT2D eigenvalue weighted by Crippen LogP contribution is 2.33. The first kappa shape index (κ1) is 20.0. The van der Waals surface area contributed by atoms with Gasteiger partial charge in [0.05, 0.1) is 6.61 Å². The molecular weight excluding hydrogens is 353 g/mol. The van der Waals surface area contributed by atoms with Gasteiger partial charge in [-0.3, -0.25) is 23.7 Å². The van der Waals surface area contributed by atoms with Crippen LogP contribution in [0.15, 0.2) is 15.8 Å². The van der Waals surface area contributed by atoms with Gasteiger partial charge >= 0.3 is 5.69 Å². The number of unbranched alkanes of at least 4 members (excludes halogenated alkanes) is 1. The number of hydrogen-bond acceptors (Lipinski definition) is 6. The minimum Gasteiger partial charge on any atom is -0.394 e. The molecule has 0 amide bonds. The minimum atomic E-state index is -3.06. The van der Waals surface area contributed by atoms with Crippen LogP contribution in [0.3, 0.4) is 0 Å². The lowest BCUT2D eigenvalue weighted by atomic mass is 10.2. The number of hydrogen-bond donors (Lipinski definition) is 3. The highest BCUT2D eigenvalue weighted by molar-refractivity contribution is 7.34. The summed E-state index contributed by atoms with van der Waals surface area (Å²) in [6.07, 6.45) is 0.881. The molecule has 2 unspecified atom stereocenters. The molecule has 11 heteroatoms. The molecule has 3 N–H and O–H groups in total. The van der Waals surface area contributed by atoms with Crippen LogP contribution in [0.5, 0.6) is 0 Å². The normalized spacial score (nSPS) is 24.8. The molecular formula is C14H24N3O7P. The van der Waals surface area contributed by atoms with Crippen molar-refractivity contribution in [3.63, 3.8) is 0 Å². The molecule has 1 aliphatic heterocycles. The quantitative estimate of drug-likeness (QED) is 0.423. The van der Waals surface area contributed by atoms with E-state index in [9.17, 15) is 24.2 Å². The molecule has 0 bridgehead atoms. The summed E-state index contributed by atoms with van der Waals surface area (Å²) in [6, 6.07) is 0. The fourth-order valence-corrected chi connectivity index (χ4v) is 3.18. The smallest absolute Gasteiger partial charge is 0.330 e. The first-order valence-electron chi connectivity index (χ1n) is 8.13. The Bertz CT molecular complexity index is 719. The summed E-state index contributed by atoms with van der Waals surface area (Å²) in [4.78, 5) is 41.6. The highest BCUT2D eigenvalue weighted by atomic mass is 31.1. The number of nitrogens with zero attached hydrogens (tertiary/aromatic N) is 2. The number of rotatable bonds is 8. The maximum absolute atomic E-state index is 12.0. The Balaban J connectivity index is 2.17. The van der Waals surface area contributed by atoms with E-state index in [0.29, 0.717) is 12.0 Å². The Labute approximate surface area is 144 Å². The average Bonchev–Trinajstić information content (AvgIpc) is 2.97. The van der Waals surface area contributed by atoms with E-state index < -0.39 is 37.9 Å². The fourth-order valence-electron chi connectivity index (χ4n) is 2.60. The van der Waals surface area contributed by atoms with Crippen molar-refractivity contribution in [2.75, 3.05) is 13.2 Å². The number of H-pyrrole nitrogens is 1. The van der Waals surface area contributed by atoms with Crippen LogP contribution < -0.4 is 11.2 Å². The van der Waals surface area contributed by atoms with Crippen molar-refractivity contribution < 1.29 is 24.1 Å². The minimum absolute atomic E-state index is 0.189. The SMILES string of the molecule is CCCCN(OC1C[C@H](n2cc(C)c(=O)[nH]c2=O)O[C@@H]1CO)[PH](=O)O. The third kappa shape index (κ3) is 4.87. The van der Waals surface area contributed by atoms with Gasteiger partial charge in [-0.2, -0.15) is 0 Å². The molecule has 0 saturated carbocycles. The number of ether oxygens (including phenoxy) is 1. The standard InChI is InChI=1S/C14H24N3O7P/c1-3-4-5-17(25(21)22)24-10-6-12(23-11(10)8-18)16-7-9(2)13(19)15-14(16)20/h7,10-12,18,25H,3-6,8H2,1-2H3,(H,21,22)(H,15,19,20)/t10?,11-,12-/m1/s1. The number of aryl methyl sites for hydroxylation is 1. The summed E-state index contributed by atoms with van der Waals surface area (Å²) >= 11 is 0. The van der Waals surface area contributed by atoms with Crippen LogP contribution in [0.1, 0.15) is 38.0 Å². The van der Waals surface area contributed by atoms with E-state index in [1.54, 1.807) is 6.92 Å². The molecule has 1 aromatic rings. The molecule has 1 fully saturated rings. The van der Waals surface area contributed by atoms with Gasteiger partial charge < -0.3 is 14.7 Å². The number of aromatic amines is 1. The number of aliphatic hydroxyl groups excluding tert-OH is 1. The van der Waals surface area contributed by atoms with Crippen molar-refractivity contribution in [2.24, 2.45) is 0 Å². The van der Waals surface area contributed by atoms with E-state index >= 15 is 0 Å². The Kier molecular flexibility index (Phi) is 7.12. The number of aromatic nitrogens is 2. The lowest BCUT2D eigenvalue weighted by Crippen LogP contribution is -2.33. The van der Waals surface area contributed by atoms with Gasteiger partial charge in [0.25, 0.3) is 13.7 Å². The van der Waals surface area contributed by atoms with Crippen LogP contribution in [-0.2, 0) is 14.1 Å². The Morgan fingerprint density at radius 1 is 1.52 bits per heavy atom. The van der Waals surface area contributed by atoms with E-state index in [2.05, 4.69) is 4.98 Å². The summed E-state index contributed by atoms with van der Waals surface area (Å²) < 4.78 is 18.3. The van der Waals surface area contributed by atoms with Gasteiger partial charge in [0, 0.05) is 24.7 Å². The summed E-state index contributed by atoms with van der Waals surface area (Å²) in [5.41, 5.74) is -0.759. The molecule has 1 saturated heterocycles. The molecule has 0 spiro atoms. The zero-order valence-corrected chi connectivity index (χ0v) is 15.2. The molecule has 0 aliphatic carbocycles. The molecule has 25 heavy (non-hydrogen) atoms. The molecule has 1 aliphatic rings. The topological polar surface area (TPSA) is 134 Å². The average molecular weight is 377 g/mol. The summed E-state index contributed by atoms with van der Waals surface area (Å²) in [6.45, 7) is 3.42. The van der Waals surface area contributed by atoms with E-state index in [1.807, 2.05) is 6.92 Å². The summed E-state index contributed by atoms with van der Waals surface area (Å²) in [5, 5.41) is 9.50. The third-order valence-electron chi connectivity index (χ3n) is 4.01. The first-order chi connectivity index (χ1) is 11.9. The summed E-state index contributed by atoms with van der Waals surface area (Å²) in [5.74, 6) is 0. The molecule has 142 valence electrons. The van der Waals surface area contributed by atoms with Crippen LogP contribution in [0.2, 0.25) is 0 Å². The van der Waals surface area contributed by atoms with Gasteiger partial charge in [0.2, 0.25) is 0 Å². The predicted octanol–water partition coefficient (Wildman–Crippen LogP) is -0.0909. The number of hydroxylamine groups is 1. The molecule has 4 atom stereocenters. The van der Waals surface area contributed by atoms with E-state index in [-0.39, 0.29) is 19.6 Å². The van der Waals surface area contributed by atoms with Gasteiger partial charge in [-0.25, -0.2) is 4.79 Å². The molecule has 0 radical (unpaired) electrons. The summed E-state index contributed by atoms with van der Waals surface area (Å²) in [7, 11) is -3.06. The second-order valence-electron chi connectivity index (χ2n) is 5.91. The van der Waals surface area contributed by atoms with Gasteiger partial charge in [0.1, 0.15) is 18.4 Å². The molecule has 2 rings (SSSR count). The molecule has 0 aromatic carbocycles. The van der Waals surface area contributed by atoms with Crippen molar-refractivity contribution in [3.05, 3.63) is 32.6 Å². The van der Waals surface area contributed by atoms with Gasteiger partial charge in [0.15, 0.2) is 0 Å². The Hall–Kier alpha value is -1.29.